The van der Waals surface area contributed by atoms with Crippen molar-refractivity contribution >= 4 is 22.7 Å². The summed E-state index contributed by atoms with van der Waals surface area (Å²) >= 11 is 0. The lowest BCUT2D eigenvalue weighted by Gasteiger charge is -2.15. The number of halogens is 3. The molecular weight excluding hydrogens is 487 g/mol. The zero-order chi connectivity index (χ0) is 26.8. The lowest BCUT2D eigenvalue weighted by molar-refractivity contribution is -0.192. The van der Waals surface area contributed by atoms with Gasteiger partial charge in [-0.25, -0.2) is 9.59 Å². The average Bonchev–Trinajstić information content (AvgIpc) is 2.88. The summed E-state index contributed by atoms with van der Waals surface area (Å²) in [5.41, 5.74) is 3.57. The van der Waals surface area contributed by atoms with E-state index in [9.17, 15) is 18.0 Å². The van der Waals surface area contributed by atoms with E-state index in [0.29, 0.717) is 25.3 Å². The van der Waals surface area contributed by atoms with Crippen molar-refractivity contribution in [2.75, 3.05) is 0 Å². The van der Waals surface area contributed by atoms with Crippen LogP contribution < -0.4 is 10.1 Å². The van der Waals surface area contributed by atoms with Gasteiger partial charge in [0.1, 0.15) is 12.4 Å². The minimum atomic E-state index is -5.08. The summed E-state index contributed by atoms with van der Waals surface area (Å²) < 4.78 is 37.9. The number of aliphatic carboxylic acids is 1. The van der Waals surface area contributed by atoms with Gasteiger partial charge in [-0.3, -0.25) is 0 Å². The predicted octanol–water partition coefficient (Wildman–Crippen LogP) is 6.04. The normalized spacial score (nSPS) is 10.9. The van der Waals surface area contributed by atoms with E-state index in [0.717, 1.165) is 27.8 Å². The van der Waals surface area contributed by atoms with E-state index in [1.807, 2.05) is 48.5 Å². The number of fused-ring (bicyclic) bond motifs is 1. The van der Waals surface area contributed by atoms with Crippen LogP contribution in [0.3, 0.4) is 0 Å². The molecule has 37 heavy (non-hydrogen) atoms. The van der Waals surface area contributed by atoms with Gasteiger partial charge in [-0.15, -0.1) is 0 Å². The Hall–Kier alpha value is -4.37. The van der Waals surface area contributed by atoms with Crippen molar-refractivity contribution in [1.82, 2.24) is 5.32 Å². The highest BCUT2D eigenvalue weighted by Crippen LogP contribution is 2.29. The molecule has 0 aromatic heterocycles. The molecule has 0 unspecified atom stereocenters. The number of hydrogen-bond donors (Lipinski definition) is 3. The quantitative estimate of drug-likeness (QED) is 0.267. The molecule has 0 amide bonds. The SMILES string of the molecule is O=C(O)C(F)(F)F.O=C(O)c1ccc(CNCc2c(OCc3ccccc3)ccc3ccccc23)cc1. The molecule has 0 saturated carbocycles. The molecule has 0 spiro atoms. The topological polar surface area (TPSA) is 95.9 Å². The Kier molecular flexibility index (Phi) is 9.23. The number of carbonyl (C=O) groups is 2. The number of hydrogen-bond acceptors (Lipinski definition) is 4. The first kappa shape index (κ1) is 27.2. The van der Waals surface area contributed by atoms with Crippen molar-refractivity contribution in [2.45, 2.75) is 25.9 Å². The van der Waals surface area contributed by atoms with E-state index in [-0.39, 0.29) is 0 Å². The van der Waals surface area contributed by atoms with Crippen LogP contribution in [0.25, 0.3) is 10.8 Å². The second-order valence-corrected chi connectivity index (χ2v) is 7.95. The number of benzene rings is 4. The minimum Gasteiger partial charge on any atom is -0.489 e. The van der Waals surface area contributed by atoms with Crippen molar-refractivity contribution in [3.63, 3.8) is 0 Å². The van der Waals surface area contributed by atoms with E-state index >= 15 is 0 Å². The zero-order valence-electron chi connectivity index (χ0n) is 19.5. The smallest absolute Gasteiger partial charge is 0.489 e. The molecular formula is C28H24F3NO5. The van der Waals surface area contributed by atoms with Crippen LogP contribution in [-0.4, -0.2) is 28.3 Å². The Morgan fingerprint density at radius 1 is 0.757 bits per heavy atom. The summed E-state index contributed by atoms with van der Waals surface area (Å²) in [5, 5.41) is 22.0. The molecule has 0 aliphatic carbocycles. The number of alkyl halides is 3. The summed E-state index contributed by atoms with van der Waals surface area (Å²) in [6, 6.07) is 29.5. The second kappa shape index (κ2) is 12.5. The number of carboxylic acid groups (broad SMARTS) is 2. The van der Waals surface area contributed by atoms with Gasteiger partial charge in [0.2, 0.25) is 0 Å². The summed E-state index contributed by atoms with van der Waals surface area (Å²) in [6.07, 6.45) is -5.08. The van der Waals surface area contributed by atoms with Crippen LogP contribution in [-0.2, 0) is 24.5 Å². The van der Waals surface area contributed by atoms with E-state index in [2.05, 4.69) is 35.6 Å². The molecule has 192 valence electrons. The van der Waals surface area contributed by atoms with Gasteiger partial charge in [0.15, 0.2) is 0 Å². The molecule has 0 bridgehead atoms. The molecule has 0 saturated heterocycles. The monoisotopic (exact) mass is 511 g/mol. The van der Waals surface area contributed by atoms with Gasteiger partial charge in [0.05, 0.1) is 5.56 Å². The summed E-state index contributed by atoms with van der Waals surface area (Å²) in [5.74, 6) is -2.80. The van der Waals surface area contributed by atoms with Gasteiger partial charge >= 0.3 is 18.1 Å². The first-order valence-corrected chi connectivity index (χ1v) is 11.2. The van der Waals surface area contributed by atoms with Crippen molar-refractivity contribution in [3.05, 3.63) is 113 Å². The maximum Gasteiger partial charge on any atom is 0.490 e. The molecule has 4 aromatic carbocycles. The Morgan fingerprint density at radius 2 is 1.38 bits per heavy atom. The molecule has 0 fully saturated rings. The molecule has 0 aliphatic heterocycles. The van der Waals surface area contributed by atoms with Crippen LogP contribution in [0.4, 0.5) is 13.2 Å². The van der Waals surface area contributed by atoms with E-state index < -0.39 is 18.1 Å². The van der Waals surface area contributed by atoms with Crippen molar-refractivity contribution in [1.29, 1.82) is 0 Å². The van der Waals surface area contributed by atoms with Crippen molar-refractivity contribution < 1.29 is 37.7 Å². The first-order chi connectivity index (χ1) is 17.6. The van der Waals surface area contributed by atoms with Crippen molar-refractivity contribution in [3.8, 4) is 5.75 Å². The highest BCUT2D eigenvalue weighted by Gasteiger charge is 2.38. The fourth-order valence-corrected chi connectivity index (χ4v) is 3.47. The molecule has 4 rings (SSSR count). The van der Waals surface area contributed by atoms with Gasteiger partial charge in [0.25, 0.3) is 0 Å². The number of nitrogens with one attached hydrogen (secondary N) is 1. The fourth-order valence-electron chi connectivity index (χ4n) is 3.47. The van der Waals surface area contributed by atoms with Gasteiger partial charge in [-0.1, -0.05) is 72.8 Å². The molecule has 0 aliphatic rings. The molecule has 4 aromatic rings. The average molecular weight is 511 g/mol. The zero-order valence-corrected chi connectivity index (χ0v) is 19.5. The van der Waals surface area contributed by atoms with Crippen LogP contribution in [0.1, 0.15) is 27.0 Å². The molecule has 0 radical (unpaired) electrons. The summed E-state index contributed by atoms with van der Waals surface area (Å²) in [4.78, 5) is 19.9. The largest absolute Gasteiger partial charge is 0.490 e. The molecule has 3 N–H and O–H groups in total. The lowest BCUT2D eigenvalue weighted by atomic mass is 10.0. The maximum absolute atomic E-state index is 11.0. The first-order valence-electron chi connectivity index (χ1n) is 11.2. The predicted molar refractivity (Wildman–Crippen MR) is 132 cm³/mol. The highest BCUT2D eigenvalue weighted by molar-refractivity contribution is 5.88. The maximum atomic E-state index is 11.0. The van der Waals surface area contributed by atoms with Gasteiger partial charge < -0.3 is 20.3 Å². The van der Waals surface area contributed by atoms with Crippen molar-refractivity contribution in [2.24, 2.45) is 0 Å². The molecule has 0 atom stereocenters. The van der Waals surface area contributed by atoms with E-state index in [4.69, 9.17) is 19.7 Å². The molecule has 0 heterocycles. The Bertz CT molecular complexity index is 1340. The third kappa shape index (κ3) is 8.08. The molecule has 6 nitrogen and oxygen atoms in total. The highest BCUT2D eigenvalue weighted by atomic mass is 19.4. The summed E-state index contributed by atoms with van der Waals surface area (Å²) in [6.45, 7) is 1.80. The minimum absolute atomic E-state index is 0.296. The second-order valence-electron chi connectivity index (χ2n) is 7.95. The van der Waals surface area contributed by atoms with E-state index in [1.54, 1.807) is 12.1 Å². The van der Waals surface area contributed by atoms with Gasteiger partial charge in [-0.05, 0) is 40.1 Å². The number of carboxylic acids is 2. The Morgan fingerprint density at radius 3 is 2.00 bits per heavy atom. The van der Waals surface area contributed by atoms with Crippen LogP contribution in [0.2, 0.25) is 0 Å². The number of rotatable bonds is 8. The fraction of sp³-hybridized carbons (Fsp3) is 0.143. The third-order valence-electron chi connectivity index (χ3n) is 5.31. The van der Waals surface area contributed by atoms with Crippen LogP contribution in [0, 0.1) is 0 Å². The van der Waals surface area contributed by atoms with Crippen LogP contribution >= 0.6 is 0 Å². The number of aromatic carboxylic acids is 1. The molecule has 9 heteroatoms. The van der Waals surface area contributed by atoms with Gasteiger partial charge in [0, 0.05) is 18.7 Å². The standard InChI is InChI=1S/C26H23NO3.C2HF3O2/c28-26(29)22-12-10-19(11-13-22)16-27-17-24-23-9-5-4-8-21(23)14-15-25(24)30-18-20-6-2-1-3-7-20;3-2(4,5)1(6)7/h1-15,27H,16-18H2,(H,28,29);(H,6,7). The van der Waals surface area contributed by atoms with Crippen LogP contribution in [0.15, 0.2) is 91.0 Å². The van der Waals surface area contributed by atoms with Crippen LogP contribution in [0.5, 0.6) is 5.75 Å². The number of ether oxygens (including phenoxy) is 1. The van der Waals surface area contributed by atoms with Gasteiger partial charge in [-0.2, -0.15) is 13.2 Å². The summed E-state index contributed by atoms with van der Waals surface area (Å²) in [7, 11) is 0. The Balaban J connectivity index is 0.000000479. The Labute approximate surface area is 210 Å². The van der Waals surface area contributed by atoms with E-state index in [1.165, 1.54) is 5.39 Å². The third-order valence-corrected chi connectivity index (χ3v) is 5.31. The lowest BCUT2D eigenvalue weighted by Crippen LogP contribution is -2.21.